The van der Waals surface area contributed by atoms with E-state index in [2.05, 4.69) is 43.8 Å². The van der Waals surface area contributed by atoms with Crippen molar-refractivity contribution in [2.45, 2.75) is 62.2 Å². The molecule has 42 heavy (non-hydrogen) atoms. The van der Waals surface area contributed by atoms with Gasteiger partial charge >= 0.3 is 0 Å². The Hall–Kier alpha value is -3.98. The van der Waals surface area contributed by atoms with Crippen LogP contribution in [-0.2, 0) is 9.53 Å². The number of amides is 1. The van der Waals surface area contributed by atoms with Crippen molar-refractivity contribution in [1.82, 2.24) is 24.8 Å². The predicted molar refractivity (Wildman–Crippen MR) is 151 cm³/mol. The minimum atomic E-state index is -1.42. The van der Waals surface area contributed by atoms with Crippen LogP contribution in [0.5, 0.6) is 0 Å². The Morgan fingerprint density at radius 3 is 2.64 bits per heavy atom. The molecule has 1 aliphatic heterocycles. The predicted octanol–water partition coefficient (Wildman–Crippen LogP) is 0.301. The zero-order valence-corrected chi connectivity index (χ0v) is 22.6. The molecular weight excluding hydrogens is 544 g/mol. The zero-order chi connectivity index (χ0) is 29.5. The third-order valence-electron chi connectivity index (χ3n) is 7.96. The molecule has 4 aromatic rings. The number of aromatic nitrogens is 4. The average molecular weight is 577 g/mol. The molecule has 2 aromatic heterocycles. The maximum atomic E-state index is 13.1. The van der Waals surface area contributed by atoms with Crippen LogP contribution in [0.1, 0.15) is 31.2 Å². The SMILES string of the molecule is C[C@@H](Nc1ncnc2c1ncn2[C@@H]1O[C@H](CO)[C@@H](O)[C@H]1NC(=O)C1=CC(O)C(O)C(O)C1)c1cccc2ccccc12. The summed E-state index contributed by atoms with van der Waals surface area (Å²) in [6.07, 6.45) is -3.64. The van der Waals surface area contributed by atoms with Crippen molar-refractivity contribution in [3.8, 4) is 0 Å². The molecule has 13 heteroatoms. The van der Waals surface area contributed by atoms with Crippen molar-refractivity contribution < 1.29 is 35.1 Å². The Morgan fingerprint density at radius 1 is 1.07 bits per heavy atom. The van der Waals surface area contributed by atoms with Crippen molar-refractivity contribution in [1.29, 1.82) is 0 Å². The fraction of sp³-hybridized carbons (Fsp3) is 0.379. The molecule has 7 N–H and O–H groups in total. The number of carbonyl (C=O) groups excluding carboxylic acids is 1. The number of aliphatic hydroxyl groups excluding tert-OH is 5. The van der Waals surface area contributed by atoms with E-state index in [0.29, 0.717) is 17.0 Å². The number of hydrogen-bond acceptors (Lipinski definition) is 11. The Balaban J connectivity index is 1.29. The fourth-order valence-corrected chi connectivity index (χ4v) is 5.70. The van der Waals surface area contributed by atoms with Gasteiger partial charge in [-0.2, -0.15) is 0 Å². The number of fused-ring (bicyclic) bond motifs is 2. The molecule has 2 aromatic carbocycles. The minimum Gasteiger partial charge on any atom is -0.394 e. The van der Waals surface area contributed by atoms with E-state index in [4.69, 9.17) is 4.74 Å². The van der Waals surface area contributed by atoms with Gasteiger partial charge in [0.15, 0.2) is 23.2 Å². The van der Waals surface area contributed by atoms with Gasteiger partial charge in [0.1, 0.15) is 36.8 Å². The number of anilines is 1. The molecule has 13 nitrogen and oxygen atoms in total. The second-order valence-electron chi connectivity index (χ2n) is 10.7. The molecule has 3 unspecified atom stereocenters. The standard InChI is InChI=1S/C29H32N6O7/c1-14(17-8-4-6-15-5-2-3-7-18(15)17)33-26-23-27(31-12-30-26)35(13-32-23)29-22(25(40)21(11-36)42-29)34-28(41)16-9-19(37)24(39)20(38)10-16/h2-9,12-14,19-22,24-25,29,36-40H,10-11H2,1H3,(H,34,41)(H,30,31,33)/t14-,19?,20?,21-,22-,24?,25-,29-/m1/s1. The Morgan fingerprint density at radius 2 is 1.86 bits per heavy atom. The van der Waals surface area contributed by atoms with Crippen LogP contribution in [0.2, 0.25) is 0 Å². The Labute approximate surface area is 240 Å². The maximum Gasteiger partial charge on any atom is 0.247 e. The van der Waals surface area contributed by atoms with Gasteiger partial charge in [0.2, 0.25) is 5.91 Å². The van der Waals surface area contributed by atoms with Crippen LogP contribution in [-0.4, -0.2) is 94.1 Å². The van der Waals surface area contributed by atoms with Gasteiger partial charge in [-0.3, -0.25) is 9.36 Å². The van der Waals surface area contributed by atoms with Crippen molar-refractivity contribution in [2.24, 2.45) is 0 Å². The summed E-state index contributed by atoms with van der Waals surface area (Å²) in [5.74, 6) is -0.188. The lowest BCUT2D eigenvalue weighted by Crippen LogP contribution is -2.49. The fourth-order valence-electron chi connectivity index (χ4n) is 5.70. The first-order chi connectivity index (χ1) is 20.3. The lowest BCUT2D eigenvalue weighted by atomic mass is 9.91. The normalized spacial score (nSPS) is 28.5. The molecule has 6 rings (SSSR count). The molecule has 2 aliphatic rings. The molecular formula is C29H32N6O7. The van der Waals surface area contributed by atoms with Crippen LogP contribution >= 0.6 is 0 Å². The van der Waals surface area contributed by atoms with Crippen LogP contribution in [0.4, 0.5) is 5.82 Å². The summed E-state index contributed by atoms with van der Waals surface area (Å²) in [5, 5.41) is 58.9. The van der Waals surface area contributed by atoms with Gasteiger partial charge in [0.05, 0.1) is 25.1 Å². The molecule has 3 heterocycles. The number of ether oxygens (including phenoxy) is 1. The van der Waals surface area contributed by atoms with Crippen LogP contribution in [0, 0.1) is 0 Å². The van der Waals surface area contributed by atoms with E-state index in [-0.39, 0.29) is 18.0 Å². The maximum absolute atomic E-state index is 13.1. The zero-order valence-electron chi connectivity index (χ0n) is 22.6. The Kier molecular flexibility index (Phi) is 7.62. The van der Waals surface area contributed by atoms with Gasteiger partial charge in [-0.15, -0.1) is 0 Å². The summed E-state index contributed by atoms with van der Waals surface area (Å²) in [6, 6.07) is 13.0. The second kappa shape index (κ2) is 11.4. The van der Waals surface area contributed by atoms with Crippen LogP contribution in [0.25, 0.3) is 21.9 Å². The number of hydrogen-bond donors (Lipinski definition) is 7. The van der Waals surface area contributed by atoms with E-state index < -0.39 is 55.3 Å². The highest BCUT2D eigenvalue weighted by Crippen LogP contribution is 2.34. The van der Waals surface area contributed by atoms with E-state index in [1.54, 1.807) is 4.57 Å². The highest BCUT2D eigenvalue weighted by Gasteiger charge is 2.46. The van der Waals surface area contributed by atoms with Gasteiger partial charge in [0, 0.05) is 12.0 Å². The highest BCUT2D eigenvalue weighted by atomic mass is 16.5. The molecule has 1 amide bonds. The van der Waals surface area contributed by atoms with Gasteiger partial charge in [-0.1, -0.05) is 42.5 Å². The first-order valence-electron chi connectivity index (χ1n) is 13.7. The summed E-state index contributed by atoms with van der Waals surface area (Å²) in [7, 11) is 0. The third kappa shape index (κ3) is 5.00. The van der Waals surface area contributed by atoms with Crippen molar-refractivity contribution in [3.63, 3.8) is 0 Å². The van der Waals surface area contributed by atoms with Gasteiger partial charge in [-0.25, -0.2) is 15.0 Å². The van der Waals surface area contributed by atoms with Crippen LogP contribution in [0.15, 0.2) is 66.8 Å². The van der Waals surface area contributed by atoms with E-state index in [1.165, 1.54) is 18.7 Å². The van der Waals surface area contributed by atoms with Crippen molar-refractivity contribution in [3.05, 3.63) is 72.3 Å². The summed E-state index contributed by atoms with van der Waals surface area (Å²) >= 11 is 0. The molecule has 0 bridgehead atoms. The molecule has 1 aliphatic carbocycles. The van der Waals surface area contributed by atoms with E-state index in [1.807, 2.05) is 31.2 Å². The number of nitrogens with zero attached hydrogens (tertiary/aromatic N) is 4. The lowest BCUT2D eigenvalue weighted by molar-refractivity contribution is -0.121. The third-order valence-corrected chi connectivity index (χ3v) is 7.96. The van der Waals surface area contributed by atoms with Gasteiger partial charge in [0.25, 0.3) is 0 Å². The average Bonchev–Trinajstić information content (AvgIpc) is 3.56. The summed E-state index contributed by atoms with van der Waals surface area (Å²) in [6.45, 7) is 1.51. The number of aliphatic hydroxyl groups is 5. The lowest BCUT2D eigenvalue weighted by Gasteiger charge is -2.29. The summed E-state index contributed by atoms with van der Waals surface area (Å²) in [5.41, 5.74) is 1.94. The summed E-state index contributed by atoms with van der Waals surface area (Å²) in [4.78, 5) is 26.4. The highest BCUT2D eigenvalue weighted by molar-refractivity contribution is 5.94. The monoisotopic (exact) mass is 576 g/mol. The molecule has 1 fully saturated rings. The number of benzene rings is 2. The van der Waals surface area contributed by atoms with Gasteiger partial charge < -0.3 is 40.9 Å². The topological polar surface area (TPSA) is 195 Å². The molecule has 1 saturated heterocycles. The van der Waals surface area contributed by atoms with Crippen molar-refractivity contribution >= 4 is 33.7 Å². The summed E-state index contributed by atoms with van der Waals surface area (Å²) < 4.78 is 7.50. The second-order valence-corrected chi connectivity index (χ2v) is 10.7. The molecule has 220 valence electrons. The number of imidazole rings is 1. The van der Waals surface area contributed by atoms with Crippen LogP contribution < -0.4 is 10.6 Å². The van der Waals surface area contributed by atoms with E-state index >= 15 is 0 Å². The largest absolute Gasteiger partial charge is 0.394 e. The molecule has 0 radical (unpaired) electrons. The minimum absolute atomic E-state index is 0.0467. The molecule has 8 atom stereocenters. The van der Waals surface area contributed by atoms with Crippen LogP contribution in [0.3, 0.4) is 0 Å². The number of nitrogens with one attached hydrogen (secondary N) is 2. The Bertz CT molecular complexity index is 1640. The van der Waals surface area contributed by atoms with E-state index in [9.17, 15) is 30.3 Å². The first kappa shape index (κ1) is 28.2. The number of rotatable bonds is 7. The first-order valence-corrected chi connectivity index (χ1v) is 13.7. The molecule has 0 spiro atoms. The van der Waals surface area contributed by atoms with Gasteiger partial charge in [-0.05, 0) is 29.3 Å². The molecule has 0 saturated carbocycles. The number of carbonyl (C=O) groups is 1. The van der Waals surface area contributed by atoms with Crippen molar-refractivity contribution in [2.75, 3.05) is 11.9 Å². The quantitative estimate of drug-likeness (QED) is 0.160. The smallest absolute Gasteiger partial charge is 0.247 e. The van der Waals surface area contributed by atoms with E-state index in [0.717, 1.165) is 16.3 Å².